The van der Waals surface area contributed by atoms with E-state index in [9.17, 15) is 4.79 Å². The first-order chi connectivity index (χ1) is 11.4. The van der Waals surface area contributed by atoms with Gasteiger partial charge < -0.3 is 0 Å². The first kappa shape index (κ1) is 18.2. The maximum atomic E-state index is 12.7. The molecule has 0 aliphatic carbocycles. The van der Waals surface area contributed by atoms with Gasteiger partial charge in [-0.3, -0.25) is 9.69 Å². The second-order valence-electron chi connectivity index (χ2n) is 4.78. The molecule has 2 aromatic rings. The fourth-order valence-corrected chi connectivity index (χ4v) is 4.25. The number of rotatable bonds is 2. The summed E-state index contributed by atoms with van der Waals surface area (Å²) in [5, 5.41) is 1.51. The molecule has 2 aromatic carbocycles. The van der Waals surface area contributed by atoms with E-state index in [0.29, 0.717) is 35.5 Å². The van der Waals surface area contributed by atoms with Crippen LogP contribution in [0.1, 0.15) is 5.56 Å². The lowest BCUT2D eigenvalue weighted by atomic mass is 10.2. The van der Waals surface area contributed by atoms with E-state index < -0.39 is 0 Å². The zero-order chi connectivity index (χ0) is 17.4. The van der Waals surface area contributed by atoms with Gasteiger partial charge in [-0.2, -0.15) is 0 Å². The Labute approximate surface area is 171 Å². The summed E-state index contributed by atoms with van der Waals surface area (Å²) in [4.78, 5) is 14.7. The molecule has 8 heteroatoms. The molecule has 0 N–H and O–H groups in total. The highest BCUT2D eigenvalue weighted by atomic mass is 79.9. The Morgan fingerprint density at radius 1 is 1.08 bits per heavy atom. The molecule has 1 amide bonds. The molecule has 0 spiro atoms. The van der Waals surface area contributed by atoms with Crippen LogP contribution in [0.4, 0.5) is 5.69 Å². The maximum absolute atomic E-state index is 12.7. The van der Waals surface area contributed by atoms with Crippen molar-refractivity contribution in [1.29, 1.82) is 0 Å². The van der Waals surface area contributed by atoms with Crippen molar-refractivity contribution >= 4 is 96.7 Å². The van der Waals surface area contributed by atoms with Crippen molar-refractivity contribution in [3.8, 4) is 0 Å². The van der Waals surface area contributed by atoms with Crippen LogP contribution >= 0.6 is 74.7 Å². The fourth-order valence-electron chi connectivity index (χ4n) is 2.07. The summed E-state index contributed by atoms with van der Waals surface area (Å²) in [5.74, 6) is -0.214. The predicted octanol–water partition coefficient (Wildman–Crippen LogP) is 6.82. The van der Waals surface area contributed by atoms with Crippen LogP contribution in [0.3, 0.4) is 0 Å². The Kier molecular flexibility index (Phi) is 5.59. The summed E-state index contributed by atoms with van der Waals surface area (Å²) >= 11 is 28.1. The monoisotopic (exact) mass is 477 g/mol. The molecule has 1 saturated heterocycles. The number of halogens is 4. The number of carbonyl (C=O) groups is 1. The average molecular weight is 480 g/mol. The minimum absolute atomic E-state index is 0.214. The number of thiocarbonyl (C=S) groups is 1. The lowest BCUT2D eigenvalue weighted by molar-refractivity contribution is -0.113. The Morgan fingerprint density at radius 2 is 1.83 bits per heavy atom. The van der Waals surface area contributed by atoms with Crippen molar-refractivity contribution in [2.24, 2.45) is 0 Å². The second kappa shape index (κ2) is 7.36. The van der Waals surface area contributed by atoms with Crippen LogP contribution in [0.5, 0.6) is 0 Å². The lowest BCUT2D eigenvalue weighted by Crippen LogP contribution is -2.27. The smallest absolute Gasteiger partial charge is 0.268 e. The van der Waals surface area contributed by atoms with Gasteiger partial charge in [0.05, 0.1) is 15.6 Å². The number of benzene rings is 2. The minimum Gasteiger partial charge on any atom is -0.268 e. The molecule has 1 fully saturated rings. The third kappa shape index (κ3) is 3.66. The average Bonchev–Trinajstić information content (AvgIpc) is 2.79. The van der Waals surface area contributed by atoms with Gasteiger partial charge in [-0.15, -0.1) is 0 Å². The van der Waals surface area contributed by atoms with E-state index in [1.165, 1.54) is 16.7 Å². The lowest BCUT2D eigenvalue weighted by Gasteiger charge is -2.15. The number of thioether (sulfide) groups is 1. The van der Waals surface area contributed by atoms with E-state index in [1.54, 1.807) is 42.5 Å². The normalized spacial score (nSPS) is 16.3. The van der Waals surface area contributed by atoms with Gasteiger partial charge >= 0.3 is 0 Å². The van der Waals surface area contributed by atoms with E-state index in [4.69, 9.17) is 47.0 Å². The van der Waals surface area contributed by atoms with E-state index >= 15 is 0 Å². The van der Waals surface area contributed by atoms with Gasteiger partial charge in [0.25, 0.3) is 5.91 Å². The van der Waals surface area contributed by atoms with E-state index in [2.05, 4.69) is 15.9 Å². The molecule has 0 bridgehead atoms. The first-order valence-electron chi connectivity index (χ1n) is 6.55. The highest BCUT2D eigenvalue weighted by Gasteiger charge is 2.33. The van der Waals surface area contributed by atoms with E-state index in [1.807, 2.05) is 0 Å². The summed E-state index contributed by atoms with van der Waals surface area (Å²) in [6.07, 6.45) is 1.71. The van der Waals surface area contributed by atoms with Crippen molar-refractivity contribution in [2.75, 3.05) is 4.90 Å². The molecule has 0 aromatic heterocycles. The van der Waals surface area contributed by atoms with Crippen LogP contribution in [-0.4, -0.2) is 10.2 Å². The Hall–Kier alpha value is -0.560. The van der Waals surface area contributed by atoms with Gasteiger partial charge in [0, 0.05) is 14.5 Å². The van der Waals surface area contributed by atoms with Crippen molar-refractivity contribution in [1.82, 2.24) is 0 Å². The van der Waals surface area contributed by atoms with Gasteiger partial charge in [-0.1, -0.05) is 64.8 Å². The minimum atomic E-state index is -0.214. The van der Waals surface area contributed by atoms with E-state index in [-0.39, 0.29) is 5.91 Å². The molecule has 0 saturated carbocycles. The third-order valence-electron chi connectivity index (χ3n) is 3.20. The maximum Gasteiger partial charge on any atom is 0.270 e. The summed E-state index contributed by atoms with van der Waals surface area (Å²) in [5.41, 5.74) is 1.33. The molecule has 3 rings (SSSR count). The van der Waals surface area contributed by atoms with Crippen molar-refractivity contribution < 1.29 is 4.79 Å². The SMILES string of the molecule is O=C1/C(=C\c2ccc(Cl)cc2Cl)SC(=S)N1c1ccc(Br)c(Cl)c1. The molecule has 1 heterocycles. The molecule has 0 atom stereocenters. The highest BCUT2D eigenvalue weighted by molar-refractivity contribution is 9.10. The highest BCUT2D eigenvalue weighted by Crippen LogP contribution is 2.38. The van der Waals surface area contributed by atoms with Gasteiger partial charge in [-0.05, 0) is 57.9 Å². The number of carbonyl (C=O) groups excluding carboxylic acids is 1. The molecular weight excluding hydrogens is 473 g/mol. The van der Waals surface area contributed by atoms with Crippen LogP contribution < -0.4 is 4.90 Å². The topological polar surface area (TPSA) is 20.3 Å². The first-order valence-corrected chi connectivity index (χ1v) is 9.70. The van der Waals surface area contributed by atoms with Crippen molar-refractivity contribution in [2.45, 2.75) is 0 Å². The second-order valence-corrected chi connectivity index (χ2v) is 8.56. The zero-order valence-electron chi connectivity index (χ0n) is 11.7. The molecule has 2 nitrogen and oxygen atoms in total. The number of hydrogen-bond donors (Lipinski definition) is 0. The van der Waals surface area contributed by atoms with Crippen LogP contribution in [0.15, 0.2) is 45.8 Å². The zero-order valence-corrected chi connectivity index (χ0v) is 17.2. The number of nitrogens with zero attached hydrogens (tertiary/aromatic N) is 1. The Balaban J connectivity index is 1.96. The Bertz CT molecular complexity index is 901. The molecule has 0 radical (unpaired) electrons. The largest absolute Gasteiger partial charge is 0.270 e. The standard InChI is InChI=1S/C16H7BrCl3NOS2/c17-11-4-3-10(7-13(11)20)21-15(22)14(24-16(21)23)5-8-1-2-9(18)6-12(8)19/h1-7H/b14-5+. The number of anilines is 1. The Morgan fingerprint density at radius 3 is 2.50 bits per heavy atom. The summed E-state index contributed by atoms with van der Waals surface area (Å²) < 4.78 is 1.19. The van der Waals surface area contributed by atoms with Gasteiger partial charge in [0.15, 0.2) is 4.32 Å². The van der Waals surface area contributed by atoms with Gasteiger partial charge in [-0.25, -0.2) is 0 Å². The van der Waals surface area contributed by atoms with Crippen molar-refractivity contribution in [3.63, 3.8) is 0 Å². The fraction of sp³-hybridized carbons (Fsp3) is 0. The molecule has 24 heavy (non-hydrogen) atoms. The van der Waals surface area contributed by atoms with Crippen LogP contribution in [-0.2, 0) is 4.79 Å². The van der Waals surface area contributed by atoms with Gasteiger partial charge in [0.1, 0.15) is 0 Å². The number of hydrogen-bond acceptors (Lipinski definition) is 3. The summed E-state index contributed by atoms with van der Waals surface area (Å²) in [7, 11) is 0. The molecule has 1 aliphatic rings. The number of amides is 1. The third-order valence-corrected chi connectivity index (χ3v) is 6.30. The molecule has 0 unspecified atom stereocenters. The summed E-state index contributed by atoms with van der Waals surface area (Å²) in [6, 6.07) is 10.3. The molecular formula is C16H7BrCl3NOS2. The van der Waals surface area contributed by atoms with Gasteiger partial charge in [0.2, 0.25) is 0 Å². The molecule has 1 aliphatic heterocycles. The van der Waals surface area contributed by atoms with Crippen LogP contribution in [0.2, 0.25) is 15.1 Å². The molecule has 122 valence electrons. The quantitative estimate of drug-likeness (QED) is 0.348. The van der Waals surface area contributed by atoms with E-state index in [0.717, 1.165) is 4.47 Å². The van der Waals surface area contributed by atoms with Crippen LogP contribution in [0, 0.1) is 0 Å². The van der Waals surface area contributed by atoms with Crippen LogP contribution in [0.25, 0.3) is 6.08 Å². The van der Waals surface area contributed by atoms with Crippen molar-refractivity contribution in [3.05, 3.63) is 66.4 Å². The summed E-state index contributed by atoms with van der Waals surface area (Å²) in [6.45, 7) is 0. The predicted molar refractivity (Wildman–Crippen MR) is 111 cm³/mol.